The van der Waals surface area contributed by atoms with Crippen molar-refractivity contribution < 1.29 is 4.39 Å². The molecule has 5 atom stereocenters. The van der Waals surface area contributed by atoms with Gasteiger partial charge in [0, 0.05) is 16.0 Å². The van der Waals surface area contributed by atoms with E-state index in [1.807, 2.05) is 0 Å². The summed E-state index contributed by atoms with van der Waals surface area (Å²) in [5.41, 5.74) is 0.599. The fourth-order valence-corrected chi connectivity index (χ4v) is 5.66. The van der Waals surface area contributed by atoms with E-state index in [-0.39, 0.29) is 11.2 Å². The van der Waals surface area contributed by atoms with E-state index < -0.39 is 0 Å². The smallest absolute Gasteiger partial charge is 0.127 e. The van der Waals surface area contributed by atoms with Crippen LogP contribution in [0, 0.1) is 35.4 Å². The van der Waals surface area contributed by atoms with Crippen LogP contribution in [0.2, 0.25) is 5.02 Å². The van der Waals surface area contributed by atoms with E-state index in [1.54, 1.807) is 12.1 Å². The minimum Gasteiger partial charge on any atom is -0.207 e. The summed E-state index contributed by atoms with van der Waals surface area (Å²) in [5, 5.41) is 0.562. The summed E-state index contributed by atoms with van der Waals surface area (Å²) in [5.74, 6) is 3.91. The van der Waals surface area contributed by atoms with Crippen LogP contribution < -0.4 is 0 Å². The molecule has 0 amide bonds. The second-order valence-electron chi connectivity index (χ2n) is 6.49. The molecule has 5 unspecified atom stereocenters. The van der Waals surface area contributed by atoms with Crippen LogP contribution in [0.5, 0.6) is 0 Å². The Bertz CT molecular complexity index is 479. The van der Waals surface area contributed by atoms with Gasteiger partial charge in [0.05, 0.1) is 0 Å². The van der Waals surface area contributed by atoms with E-state index in [0.717, 1.165) is 23.7 Å². The number of halogens is 3. The van der Waals surface area contributed by atoms with Crippen molar-refractivity contribution in [3.8, 4) is 0 Å². The first-order valence-corrected chi connectivity index (χ1v) is 8.05. The highest BCUT2D eigenvalue weighted by atomic mass is 35.5. The molecule has 0 aromatic heterocycles. The number of fused-ring (bicyclic) bond motifs is 5. The standard InChI is InChI=1S/C16H17Cl2F/c17-11-2-1-3-13(19)10(11)7-12(18)16-14-8-4-5-9(6-8)15(14)16/h1-3,8-9,12,14-16H,4-7H2. The molecule has 1 aromatic rings. The Labute approximate surface area is 123 Å². The lowest BCUT2D eigenvalue weighted by molar-refractivity contribution is 0.447. The Hall–Kier alpha value is -0.270. The summed E-state index contributed by atoms with van der Waals surface area (Å²) >= 11 is 12.7. The van der Waals surface area contributed by atoms with Crippen LogP contribution in [0.25, 0.3) is 0 Å². The predicted molar refractivity (Wildman–Crippen MR) is 76.1 cm³/mol. The van der Waals surface area contributed by atoms with Gasteiger partial charge in [0.1, 0.15) is 5.82 Å². The molecule has 102 valence electrons. The van der Waals surface area contributed by atoms with Crippen LogP contribution in [-0.2, 0) is 6.42 Å². The molecule has 3 aliphatic rings. The van der Waals surface area contributed by atoms with E-state index in [4.69, 9.17) is 23.2 Å². The van der Waals surface area contributed by atoms with Gasteiger partial charge in [0.15, 0.2) is 0 Å². The quantitative estimate of drug-likeness (QED) is 0.695. The van der Waals surface area contributed by atoms with Crippen LogP contribution >= 0.6 is 23.2 Å². The maximum Gasteiger partial charge on any atom is 0.127 e. The summed E-state index contributed by atoms with van der Waals surface area (Å²) in [7, 11) is 0. The van der Waals surface area contributed by atoms with E-state index >= 15 is 0 Å². The zero-order chi connectivity index (χ0) is 13.1. The molecule has 3 fully saturated rings. The van der Waals surface area contributed by atoms with Crippen LogP contribution in [0.4, 0.5) is 4.39 Å². The molecule has 4 rings (SSSR count). The largest absolute Gasteiger partial charge is 0.207 e. The maximum absolute atomic E-state index is 13.8. The minimum atomic E-state index is -0.216. The van der Waals surface area contributed by atoms with Gasteiger partial charge in [-0.3, -0.25) is 0 Å². The van der Waals surface area contributed by atoms with Crippen molar-refractivity contribution in [3.05, 3.63) is 34.6 Å². The van der Waals surface area contributed by atoms with E-state index in [2.05, 4.69) is 0 Å². The van der Waals surface area contributed by atoms with E-state index in [0.29, 0.717) is 22.9 Å². The monoisotopic (exact) mass is 298 g/mol. The maximum atomic E-state index is 13.8. The lowest BCUT2D eigenvalue weighted by Crippen LogP contribution is -2.14. The lowest BCUT2D eigenvalue weighted by atomic mass is 9.97. The van der Waals surface area contributed by atoms with Gasteiger partial charge in [-0.05, 0) is 67.4 Å². The normalized spacial score (nSPS) is 40.3. The number of hydrogen-bond acceptors (Lipinski definition) is 0. The topological polar surface area (TPSA) is 0 Å². The molecule has 1 aromatic carbocycles. The molecule has 0 aliphatic heterocycles. The van der Waals surface area contributed by atoms with Gasteiger partial charge in [-0.25, -0.2) is 4.39 Å². The number of hydrogen-bond donors (Lipinski definition) is 0. The van der Waals surface area contributed by atoms with Gasteiger partial charge in [0.25, 0.3) is 0 Å². The average molecular weight is 299 g/mol. The third-order valence-electron chi connectivity index (χ3n) is 5.67. The van der Waals surface area contributed by atoms with Gasteiger partial charge in [-0.1, -0.05) is 17.7 Å². The molecule has 3 heteroatoms. The molecule has 2 bridgehead atoms. The fraction of sp³-hybridized carbons (Fsp3) is 0.625. The van der Waals surface area contributed by atoms with E-state index in [9.17, 15) is 4.39 Å². The zero-order valence-electron chi connectivity index (χ0n) is 10.7. The Morgan fingerprint density at radius 2 is 1.89 bits per heavy atom. The van der Waals surface area contributed by atoms with E-state index in [1.165, 1.54) is 25.3 Å². The first-order valence-electron chi connectivity index (χ1n) is 7.23. The summed E-state index contributed by atoms with van der Waals surface area (Å²) in [6, 6.07) is 4.87. The van der Waals surface area contributed by atoms with Crippen molar-refractivity contribution >= 4 is 23.2 Å². The fourth-order valence-electron chi connectivity index (χ4n) is 4.93. The zero-order valence-corrected chi connectivity index (χ0v) is 12.2. The molecule has 0 N–H and O–H groups in total. The van der Waals surface area contributed by atoms with Crippen LogP contribution in [0.15, 0.2) is 18.2 Å². The highest BCUT2D eigenvalue weighted by molar-refractivity contribution is 6.31. The van der Waals surface area contributed by atoms with Gasteiger partial charge < -0.3 is 0 Å². The predicted octanol–water partition coefficient (Wildman–Crippen LogP) is 4.92. The lowest BCUT2D eigenvalue weighted by Gasteiger charge is -2.15. The third kappa shape index (κ3) is 1.85. The Morgan fingerprint density at radius 3 is 2.53 bits per heavy atom. The molecule has 0 spiro atoms. The number of alkyl halides is 1. The third-order valence-corrected chi connectivity index (χ3v) is 6.47. The summed E-state index contributed by atoms with van der Waals surface area (Å²) in [4.78, 5) is 0. The Morgan fingerprint density at radius 1 is 1.21 bits per heavy atom. The highest BCUT2D eigenvalue weighted by Gasteiger charge is 2.66. The van der Waals surface area contributed by atoms with Gasteiger partial charge >= 0.3 is 0 Å². The average Bonchev–Trinajstić information content (AvgIpc) is 2.83. The van der Waals surface area contributed by atoms with Crippen molar-refractivity contribution in [2.24, 2.45) is 29.6 Å². The molecule has 0 nitrogen and oxygen atoms in total. The summed E-state index contributed by atoms with van der Waals surface area (Å²) < 4.78 is 13.8. The molecule has 3 saturated carbocycles. The van der Waals surface area contributed by atoms with Crippen molar-refractivity contribution in [1.82, 2.24) is 0 Å². The van der Waals surface area contributed by atoms with Gasteiger partial charge in [-0.2, -0.15) is 0 Å². The molecule has 0 heterocycles. The molecule has 0 saturated heterocycles. The minimum absolute atomic E-state index is 0.0489. The van der Waals surface area contributed by atoms with Crippen LogP contribution in [-0.4, -0.2) is 5.38 Å². The number of benzene rings is 1. The molecular formula is C16H17Cl2F. The van der Waals surface area contributed by atoms with Crippen molar-refractivity contribution in [1.29, 1.82) is 0 Å². The molecule has 3 aliphatic carbocycles. The first kappa shape index (κ1) is 12.5. The van der Waals surface area contributed by atoms with Crippen molar-refractivity contribution in [3.63, 3.8) is 0 Å². The number of rotatable bonds is 3. The molecular weight excluding hydrogens is 282 g/mol. The summed E-state index contributed by atoms with van der Waals surface area (Å²) in [6.07, 6.45) is 4.79. The van der Waals surface area contributed by atoms with Crippen molar-refractivity contribution in [2.75, 3.05) is 0 Å². The van der Waals surface area contributed by atoms with Crippen molar-refractivity contribution in [2.45, 2.75) is 31.1 Å². The molecule has 0 radical (unpaired) electrons. The first-order chi connectivity index (χ1) is 9.16. The summed E-state index contributed by atoms with van der Waals surface area (Å²) in [6.45, 7) is 0. The second kappa shape index (κ2) is 4.36. The van der Waals surface area contributed by atoms with Gasteiger partial charge in [0.2, 0.25) is 0 Å². The second-order valence-corrected chi connectivity index (χ2v) is 7.45. The van der Waals surface area contributed by atoms with Crippen LogP contribution in [0.3, 0.4) is 0 Å². The van der Waals surface area contributed by atoms with Crippen LogP contribution in [0.1, 0.15) is 24.8 Å². The highest BCUT2D eigenvalue weighted by Crippen LogP contribution is 2.71. The SMILES string of the molecule is Fc1cccc(Cl)c1CC(Cl)C1C2C3CCC(C3)C12. The molecule has 19 heavy (non-hydrogen) atoms. The Balaban J connectivity index is 1.50. The Kier molecular flexibility index (Phi) is 2.86. The van der Waals surface area contributed by atoms with Gasteiger partial charge in [-0.15, -0.1) is 11.6 Å².